The van der Waals surface area contributed by atoms with Crippen molar-refractivity contribution < 1.29 is 19.1 Å². The lowest BCUT2D eigenvalue weighted by Crippen LogP contribution is -2.41. The van der Waals surface area contributed by atoms with E-state index in [0.717, 1.165) is 0 Å². The minimum absolute atomic E-state index is 0.215. The molecule has 0 saturated carbocycles. The first-order chi connectivity index (χ1) is 8.86. The summed E-state index contributed by atoms with van der Waals surface area (Å²) in [4.78, 5) is 22.9. The van der Waals surface area contributed by atoms with Crippen LogP contribution in [0.25, 0.3) is 0 Å². The van der Waals surface area contributed by atoms with Crippen LogP contribution in [0.2, 0.25) is 0 Å². The highest BCUT2D eigenvalue weighted by Crippen LogP contribution is 2.30. The van der Waals surface area contributed by atoms with Crippen molar-refractivity contribution in [3.63, 3.8) is 0 Å². The molecule has 0 fully saturated rings. The molecule has 6 nitrogen and oxygen atoms in total. The molecule has 0 rings (SSSR count). The van der Waals surface area contributed by atoms with Crippen LogP contribution in [0.3, 0.4) is 0 Å². The molecule has 0 heterocycles. The van der Waals surface area contributed by atoms with E-state index >= 15 is 0 Å². The maximum absolute atomic E-state index is 11.6. The van der Waals surface area contributed by atoms with Crippen LogP contribution < -0.4 is 11.5 Å². The largest absolute Gasteiger partial charge is 0.464 e. The van der Waals surface area contributed by atoms with E-state index in [9.17, 15) is 9.59 Å². The van der Waals surface area contributed by atoms with Gasteiger partial charge in [-0.1, -0.05) is 13.8 Å². The Morgan fingerprint density at radius 2 is 1.45 bits per heavy atom. The lowest BCUT2D eigenvalue weighted by atomic mass is 9.82. The van der Waals surface area contributed by atoms with Gasteiger partial charge >= 0.3 is 11.9 Å². The summed E-state index contributed by atoms with van der Waals surface area (Å²) >= 11 is 0. The average molecular weight is 288 g/mol. The number of hydrogen-bond acceptors (Lipinski definition) is 6. The minimum Gasteiger partial charge on any atom is -0.464 e. The molecule has 118 valence electrons. The zero-order valence-corrected chi connectivity index (χ0v) is 13.4. The summed E-state index contributed by atoms with van der Waals surface area (Å²) < 4.78 is 10.5. The molecule has 0 aromatic heterocycles. The van der Waals surface area contributed by atoms with E-state index in [4.69, 9.17) is 20.9 Å². The van der Waals surface area contributed by atoms with Gasteiger partial charge < -0.3 is 20.9 Å². The van der Waals surface area contributed by atoms with Crippen molar-refractivity contribution in [3.8, 4) is 0 Å². The van der Waals surface area contributed by atoms with Gasteiger partial charge in [-0.3, -0.25) is 9.59 Å². The SMILES string of the molecule is CC(N)C(=O)OCC(C)(C)CC(C)(C)OC(=O)C(C)N. The number of nitrogens with two attached hydrogens (primary N) is 2. The monoisotopic (exact) mass is 288 g/mol. The molecule has 2 atom stereocenters. The fraction of sp³-hybridized carbons (Fsp3) is 0.857. The topological polar surface area (TPSA) is 105 Å². The smallest absolute Gasteiger partial charge is 0.323 e. The molecule has 0 radical (unpaired) electrons. The van der Waals surface area contributed by atoms with Crippen LogP contribution in [0, 0.1) is 5.41 Å². The molecular weight excluding hydrogens is 260 g/mol. The number of carbonyl (C=O) groups excluding carboxylic acids is 2. The molecule has 0 aliphatic carbocycles. The fourth-order valence-corrected chi connectivity index (χ4v) is 2.00. The molecule has 0 aliphatic heterocycles. The lowest BCUT2D eigenvalue weighted by molar-refractivity contribution is -0.163. The highest BCUT2D eigenvalue weighted by molar-refractivity contribution is 5.75. The summed E-state index contributed by atoms with van der Waals surface area (Å²) in [5.74, 6) is -0.887. The molecule has 0 saturated heterocycles. The van der Waals surface area contributed by atoms with E-state index in [2.05, 4.69) is 0 Å². The molecule has 20 heavy (non-hydrogen) atoms. The third-order valence-corrected chi connectivity index (χ3v) is 2.63. The van der Waals surface area contributed by atoms with Gasteiger partial charge in [0.05, 0.1) is 6.61 Å². The molecule has 2 unspecified atom stereocenters. The van der Waals surface area contributed by atoms with Crippen LogP contribution in [0.5, 0.6) is 0 Å². The van der Waals surface area contributed by atoms with E-state index in [1.165, 1.54) is 0 Å². The van der Waals surface area contributed by atoms with Crippen molar-refractivity contribution in [1.82, 2.24) is 0 Å². The first-order valence-electron chi connectivity index (χ1n) is 6.77. The molecule has 0 spiro atoms. The normalized spacial score (nSPS) is 15.4. The minimum atomic E-state index is -0.686. The van der Waals surface area contributed by atoms with Crippen molar-refractivity contribution in [2.75, 3.05) is 6.61 Å². The summed E-state index contributed by atoms with van der Waals surface area (Å²) in [7, 11) is 0. The molecular formula is C14H28N2O4. The lowest BCUT2D eigenvalue weighted by Gasteiger charge is -2.34. The van der Waals surface area contributed by atoms with Gasteiger partial charge in [-0.25, -0.2) is 0 Å². The molecule has 0 aliphatic rings. The maximum Gasteiger partial charge on any atom is 0.323 e. The third kappa shape index (κ3) is 7.45. The summed E-state index contributed by atoms with van der Waals surface area (Å²) in [6, 6.07) is -1.30. The van der Waals surface area contributed by atoms with Gasteiger partial charge in [-0.05, 0) is 34.1 Å². The highest BCUT2D eigenvalue weighted by atomic mass is 16.6. The van der Waals surface area contributed by atoms with Crippen LogP contribution in [-0.2, 0) is 19.1 Å². The summed E-state index contributed by atoms with van der Waals surface area (Å²) in [5, 5.41) is 0. The van der Waals surface area contributed by atoms with Gasteiger partial charge in [0.1, 0.15) is 17.7 Å². The van der Waals surface area contributed by atoms with Crippen molar-refractivity contribution >= 4 is 11.9 Å². The van der Waals surface area contributed by atoms with Gasteiger partial charge in [0.15, 0.2) is 0 Å². The van der Waals surface area contributed by atoms with Crippen molar-refractivity contribution in [2.24, 2.45) is 16.9 Å². The third-order valence-electron chi connectivity index (χ3n) is 2.63. The predicted octanol–water partition coefficient (Wildman–Crippen LogP) is 0.962. The Hall–Kier alpha value is -1.14. The standard InChI is InChI=1S/C14H28N2O4/c1-9(15)11(17)19-8-13(3,4)7-14(5,6)20-12(18)10(2)16/h9-10H,7-8,15-16H2,1-6H3. The Morgan fingerprint density at radius 3 is 1.85 bits per heavy atom. The second kappa shape index (κ2) is 7.04. The van der Waals surface area contributed by atoms with Gasteiger partial charge in [0.2, 0.25) is 0 Å². The summed E-state index contributed by atoms with van der Waals surface area (Å²) in [6.07, 6.45) is 0.532. The van der Waals surface area contributed by atoms with E-state index in [-0.39, 0.29) is 12.0 Å². The Bertz CT molecular complexity index is 349. The average Bonchev–Trinajstić information content (AvgIpc) is 2.23. The molecule has 0 amide bonds. The van der Waals surface area contributed by atoms with Crippen molar-refractivity contribution in [3.05, 3.63) is 0 Å². The number of esters is 2. The van der Waals surface area contributed by atoms with E-state index in [1.54, 1.807) is 13.8 Å². The van der Waals surface area contributed by atoms with Crippen LogP contribution in [0.15, 0.2) is 0 Å². The van der Waals surface area contributed by atoms with Crippen LogP contribution in [-0.4, -0.2) is 36.2 Å². The number of carbonyl (C=O) groups is 2. The summed E-state index contributed by atoms with van der Waals surface area (Å²) in [5.41, 5.74) is 9.89. The Kier molecular flexibility index (Phi) is 6.64. The second-order valence-corrected chi connectivity index (χ2v) is 6.71. The Morgan fingerprint density at radius 1 is 1.00 bits per heavy atom. The maximum atomic E-state index is 11.6. The zero-order valence-electron chi connectivity index (χ0n) is 13.4. The van der Waals surface area contributed by atoms with Gasteiger partial charge in [-0.15, -0.1) is 0 Å². The fourth-order valence-electron chi connectivity index (χ4n) is 2.00. The van der Waals surface area contributed by atoms with Gasteiger partial charge in [0.25, 0.3) is 0 Å². The van der Waals surface area contributed by atoms with Crippen LogP contribution in [0.4, 0.5) is 0 Å². The Balaban J connectivity index is 4.49. The first-order valence-corrected chi connectivity index (χ1v) is 6.77. The quantitative estimate of drug-likeness (QED) is 0.676. The van der Waals surface area contributed by atoms with Crippen molar-refractivity contribution in [1.29, 1.82) is 0 Å². The van der Waals surface area contributed by atoms with Gasteiger partial charge in [0, 0.05) is 5.41 Å². The van der Waals surface area contributed by atoms with Crippen LogP contribution >= 0.6 is 0 Å². The summed E-state index contributed by atoms with van der Waals surface area (Å²) in [6.45, 7) is 10.8. The van der Waals surface area contributed by atoms with Crippen molar-refractivity contribution in [2.45, 2.75) is 65.6 Å². The van der Waals surface area contributed by atoms with Crippen LogP contribution in [0.1, 0.15) is 48.0 Å². The molecule has 0 aromatic carbocycles. The van der Waals surface area contributed by atoms with E-state index in [1.807, 2.05) is 27.7 Å². The highest BCUT2D eigenvalue weighted by Gasteiger charge is 2.33. The zero-order chi connectivity index (χ0) is 16.1. The first kappa shape index (κ1) is 18.9. The Labute approximate surface area is 121 Å². The molecule has 6 heteroatoms. The predicted molar refractivity (Wildman–Crippen MR) is 76.8 cm³/mol. The molecule has 0 bridgehead atoms. The number of ether oxygens (including phenoxy) is 2. The molecule has 0 aromatic rings. The number of hydrogen-bond donors (Lipinski definition) is 2. The number of rotatable bonds is 7. The van der Waals surface area contributed by atoms with E-state index < -0.39 is 29.6 Å². The molecule has 4 N–H and O–H groups in total. The second-order valence-electron chi connectivity index (χ2n) is 6.71. The van der Waals surface area contributed by atoms with Gasteiger partial charge in [-0.2, -0.15) is 0 Å². The van der Waals surface area contributed by atoms with E-state index in [0.29, 0.717) is 6.42 Å².